The highest BCUT2D eigenvalue weighted by Crippen LogP contribution is 2.20. The van der Waals surface area contributed by atoms with Gasteiger partial charge in [-0.3, -0.25) is 0 Å². The molecule has 0 bridgehead atoms. The van der Waals surface area contributed by atoms with Crippen molar-refractivity contribution in [3.05, 3.63) is 47.8 Å². The van der Waals surface area contributed by atoms with E-state index in [-0.39, 0.29) is 0 Å². The Morgan fingerprint density at radius 2 is 1.82 bits per heavy atom. The third kappa shape index (κ3) is 2.83. The summed E-state index contributed by atoms with van der Waals surface area (Å²) in [4.78, 5) is 8.66. The Morgan fingerprint density at radius 3 is 2.41 bits per heavy atom. The van der Waals surface area contributed by atoms with Crippen LogP contribution in [0.25, 0.3) is 11.4 Å². The number of halogens is 1. The second-order valence-corrected chi connectivity index (χ2v) is 4.55. The summed E-state index contributed by atoms with van der Waals surface area (Å²) in [5.74, 6) is 1.69. The van der Waals surface area contributed by atoms with E-state index in [2.05, 4.69) is 48.1 Å². The highest BCUT2D eigenvalue weighted by Gasteiger charge is 2.03. The fraction of sp³-hybridized carbons (Fsp3) is 0.286. The van der Waals surface area contributed by atoms with Crippen LogP contribution >= 0.6 is 11.6 Å². The number of nitrogens with zero attached hydrogens (tertiary/aromatic N) is 2. The van der Waals surface area contributed by atoms with Crippen molar-refractivity contribution in [1.29, 1.82) is 0 Å². The normalized spacial score (nSPS) is 10.8. The quantitative estimate of drug-likeness (QED) is 0.765. The fourth-order valence-corrected chi connectivity index (χ4v) is 1.78. The summed E-state index contributed by atoms with van der Waals surface area (Å²) in [6.07, 6.45) is 1.75. The first-order valence-electron chi connectivity index (χ1n) is 5.69. The number of benzene rings is 1. The molecular weight excluding hydrogens is 232 g/mol. The molecule has 3 heteroatoms. The van der Waals surface area contributed by atoms with Gasteiger partial charge in [0.15, 0.2) is 5.82 Å². The molecule has 17 heavy (non-hydrogen) atoms. The van der Waals surface area contributed by atoms with E-state index in [9.17, 15) is 0 Å². The van der Waals surface area contributed by atoms with E-state index in [4.69, 9.17) is 11.6 Å². The average Bonchev–Trinajstić information content (AvgIpc) is 2.39. The predicted molar refractivity (Wildman–Crippen MR) is 71.1 cm³/mol. The Balaban J connectivity index is 2.32. The molecule has 2 nitrogen and oxygen atoms in total. The third-order valence-electron chi connectivity index (χ3n) is 2.69. The van der Waals surface area contributed by atoms with Gasteiger partial charge in [0, 0.05) is 11.8 Å². The van der Waals surface area contributed by atoms with Gasteiger partial charge in [-0.25, -0.2) is 9.97 Å². The smallest absolute Gasteiger partial charge is 0.159 e. The van der Waals surface area contributed by atoms with E-state index in [1.165, 1.54) is 5.56 Å². The van der Waals surface area contributed by atoms with Crippen LogP contribution in [0.4, 0.5) is 0 Å². The van der Waals surface area contributed by atoms with E-state index in [1.54, 1.807) is 6.20 Å². The maximum absolute atomic E-state index is 5.76. The minimum absolute atomic E-state index is 0.416. The summed E-state index contributed by atoms with van der Waals surface area (Å²) in [7, 11) is 0. The number of hydrogen-bond donors (Lipinski definition) is 0. The minimum Gasteiger partial charge on any atom is -0.237 e. The standard InChI is InChI=1S/C14H15ClN2/c1-10(2)11-3-5-12(6-4-11)14-16-8-7-13(9-15)17-14/h3-8,10H,9H2,1-2H3. The predicted octanol–water partition coefficient (Wildman–Crippen LogP) is 4.01. The zero-order valence-corrected chi connectivity index (χ0v) is 10.8. The number of aromatic nitrogens is 2. The van der Waals surface area contributed by atoms with Gasteiger partial charge in [-0.2, -0.15) is 0 Å². The van der Waals surface area contributed by atoms with Crippen molar-refractivity contribution in [2.24, 2.45) is 0 Å². The van der Waals surface area contributed by atoms with Gasteiger partial charge in [-0.1, -0.05) is 38.1 Å². The maximum Gasteiger partial charge on any atom is 0.159 e. The Bertz CT molecular complexity index is 492. The van der Waals surface area contributed by atoms with Gasteiger partial charge < -0.3 is 0 Å². The van der Waals surface area contributed by atoms with Gasteiger partial charge in [0.2, 0.25) is 0 Å². The molecule has 0 aliphatic heterocycles. The molecule has 1 aromatic heterocycles. The Kier molecular flexibility index (Phi) is 3.75. The van der Waals surface area contributed by atoms with Gasteiger partial charge in [0.05, 0.1) is 11.6 Å². The molecule has 0 N–H and O–H groups in total. The highest BCUT2D eigenvalue weighted by atomic mass is 35.5. The monoisotopic (exact) mass is 246 g/mol. The molecule has 0 spiro atoms. The molecule has 0 radical (unpaired) electrons. The molecule has 1 heterocycles. The molecule has 0 saturated carbocycles. The molecule has 0 aliphatic rings. The lowest BCUT2D eigenvalue weighted by atomic mass is 10.0. The fourth-order valence-electron chi connectivity index (χ4n) is 1.63. The van der Waals surface area contributed by atoms with Crippen molar-refractivity contribution in [3.63, 3.8) is 0 Å². The van der Waals surface area contributed by atoms with E-state index >= 15 is 0 Å². The van der Waals surface area contributed by atoms with Crippen LogP contribution in [-0.4, -0.2) is 9.97 Å². The molecule has 0 unspecified atom stereocenters. The summed E-state index contributed by atoms with van der Waals surface area (Å²) in [6.45, 7) is 4.36. The highest BCUT2D eigenvalue weighted by molar-refractivity contribution is 6.16. The molecule has 0 saturated heterocycles. The summed E-state index contributed by atoms with van der Waals surface area (Å²) in [5, 5.41) is 0. The van der Waals surface area contributed by atoms with Crippen molar-refractivity contribution in [2.45, 2.75) is 25.6 Å². The second-order valence-electron chi connectivity index (χ2n) is 4.28. The Morgan fingerprint density at radius 1 is 1.12 bits per heavy atom. The van der Waals surface area contributed by atoms with Crippen molar-refractivity contribution in [2.75, 3.05) is 0 Å². The van der Waals surface area contributed by atoms with Crippen LogP contribution in [0, 0.1) is 0 Å². The molecule has 0 atom stereocenters. The van der Waals surface area contributed by atoms with Gasteiger partial charge in [-0.05, 0) is 17.5 Å². The van der Waals surface area contributed by atoms with Crippen LogP contribution in [0.3, 0.4) is 0 Å². The molecular formula is C14H15ClN2. The number of hydrogen-bond acceptors (Lipinski definition) is 2. The van der Waals surface area contributed by atoms with Crippen LogP contribution in [0.5, 0.6) is 0 Å². The van der Waals surface area contributed by atoms with Gasteiger partial charge in [-0.15, -0.1) is 11.6 Å². The van der Waals surface area contributed by atoms with Gasteiger partial charge in [0.1, 0.15) is 0 Å². The lowest BCUT2D eigenvalue weighted by Crippen LogP contribution is -1.93. The number of rotatable bonds is 3. The lowest BCUT2D eigenvalue weighted by Gasteiger charge is -2.06. The third-order valence-corrected chi connectivity index (χ3v) is 2.96. The summed E-state index contributed by atoms with van der Waals surface area (Å²) in [5.41, 5.74) is 3.20. The van der Waals surface area contributed by atoms with E-state index in [0.29, 0.717) is 11.8 Å². The first-order valence-corrected chi connectivity index (χ1v) is 6.22. The van der Waals surface area contributed by atoms with Crippen molar-refractivity contribution in [1.82, 2.24) is 9.97 Å². The molecule has 2 rings (SSSR count). The minimum atomic E-state index is 0.416. The van der Waals surface area contributed by atoms with Crippen LogP contribution < -0.4 is 0 Å². The van der Waals surface area contributed by atoms with Crippen LogP contribution in [0.15, 0.2) is 36.5 Å². The SMILES string of the molecule is CC(C)c1ccc(-c2nccc(CCl)n2)cc1. The Labute approximate surface area is 107 Å². The molecule has 0 amide bonds. The summed E-state index contributed by atoms with van der Waals surface area (Å²) in [6, 6.07) is 10.2. The largest absolute Gasteiger partial charge is 0.237 e. The average molecular weight is 247 g/mol. The lowest BCUT2D eigenvalue weighted by molar-refractivity contribution is 0.867. The van der Waals surface area contributed by atoms with Crippen molar-refractivity contribution >= 4 is 11.6 Å². The van der Waals surface area contributed by atoms with E-state index in [0.717, 1.165) is 17.1 Å². The number of alkyl halides is 1. The topological polar surface area (TPSA) is 25.8 Å². The summed E-state index contributed by atoms with van der Waals surface area (Å²) < 4.78 is 0. The zero-order valence-electron chi connectivity index (χ0n) is 10.0. The van der Waals surface area contributed by atoms with E-state index < -0.39 is 0 Å². The molecule has 0 fully saturated rings. The molecule has 88 valence electrons. The molecule has 2 aromatic rings. The molecule has 1 aromatic carbocycles. The zero-order chi connectivity index (χ0) is 12.3. The van der Waals surface area contributed by atoms with Gasteiger partial charge in [0.25, 0.3) is 0 Å². The first-order chi connectivity index (χ1) is 8.20. The van der Waals surface area contributed by atoms with E-state index in [1.807, 2.05) is 6.07 Å². The van der Waals surface area contributed by atoms with Crippen LogP contribution in [0.1, 0.15) is 31.0 Å². The maximum atomic E-state index is 5.76. The summed E-state index contributed by atoms with van der Waals surface area (Å²) >= 11 is 5.76. The molecule has 0 aliphatic carbocycles. The van der Waals surface area contributed by atoms with Crippen molar-refractivity contribution < 1.29 is 0 Å². The van der Waals surface area contributed by atoms with Crippen LogP contribution in [-0.2, 0) is 5.88 Å². The Hall–Kier alpha value is -1.41. The van der Waals surface area contributed by atoms with Gasteiger partial charge >= 0.3 is 0 Å². The van der Waals surface area contributed by atoms with Crippen LogP contribution in [0.2, 0.25) is 0 Å². The van der Waals surface area contributed by atoms with Crippen molar-refractivity contribution in [3.8, 4) is 11.4 Å². The first kappa shape index (κ1) is 12.1. The second kappa shape index (κ2) is 5.28.